The summed E-state index contributed by atoms with van der Waals surface area (Å²) >= 11 is 0. The average Bonchev–Trinajstić information content (AvgIpc) is 2.05. The van der Waals surface area contributed by atoms with E-state index in [1.165, 1.54) is 0 Å². The lowest BCUT2D eigenvalue weighted by Crippen LogP contribution is -2.19. The van der Waals surface area contributed by atoms with E-state index in [1.54, 1.807) is 0 Å². The van der Waals surface area contributed by atoms with E-state index in [4.69, 9.17) is 0 Å². The minimum Gasteiger partial charge on any atom is -0.449 e. The molecule has 0 aromatic carbocycles. The molecule has 0 aliphatic heterocycles. The number of halogens is 3. The van der Waals surface area contributed by atoms with E-state index in [-0.39, 0.29) is 11.3 Å². The molecule has 0 spiro atoms. The van der Waals surface area contributed by atoms with Gasteiger partial charge in [-0.2, -0.15) is 0 Å². The molecule has 0 N–H and O–H groups in total. The van der Waals surface area contributed by atoms with Gasteiger partial charge in [0.25, 0.3) is 0 Å². The summed E-state index contributed by atoms with van der Waals surface area (Å²) in [5.41, 5.74) is 0.145. The van der Waals surface area contributed by atoms with Gasteiger partial charge in [-0.15, -0.1) is 0 Å². The van der Waals surface area contributed by atoms with Crippen molar-refractivity contribution in [2.24, 2.45) is 11.3 Å². The van der Waals surface area contributed by atoms with Crippen LogP contribution in [0.3, 0.4) is 0 Å². The lowest BCUT2D eigenvalue weighted by Gasteiger charge is -2.21. The van der Waals surface area contributed by atoms with Crippen molar-refractivity contribution in [1.82, 2.24) is 0 Å². The zero-order valence-electron chi connectivity index (χ0n) is 7.62. The number of hydrogen-bond acceptors (Lipinski definition) is 0. The molecule has 1 atom stereocenters. The lowest BCUT2D eigenvalue weighted by atomic mass is 9.76. The van der Waals surface area contributed by atoms with Crippen molar-refractivity contribution in [3.63, 3.8) is 0 Å². The largest absolute Gasteiger partial charge is 0.478 e. The van der Waals surface area contributed by atoms with Crippen LogP contribution < -0.4 is 0 Å². The Labute approximate surface area is 71.6 Å². The first-order valence-electron chi connectivity index (χ1n) is 4.49. The predicted octanol–water partition coefficient (Wildman–Crippen LogP) is 3.66. The standard InChI is InChI=1S/C8H15BF3/c1-8(2)4-3-7(5-8)6-9(10,11)12/h7H,3-6H2,1-2H3/q-1. The van der Waals surface area contributed by atoms with Gasteiger partial charge in [-0.3, -0.25) is 0 Å². The summed E-state index contributed by atoms with van der Waals surface area (Å²) in [6.07, 6.45) is 1.93. The number of hydrogen-bond donors (Lipinski definition) is 0. The molecule has 72 valence electrons. The maximum Gasteiger partial charge on any atom is 0.478 e. The molecule has 0 saturated heterocycles. The van der Waals surface area contributed by atoms with Crippen LogP contribution in [0.1, 0.15) is 33.1 Å². The quantitative estimate of drug-likeness (QED) is 0.567. The Morgan fingerprint density at radius 1 is 1.33 bits per heavy atom. The van der Waals surface area contributed by atoms with Crippen LogP contribution in [0, 0.1) is 11.3 Å². The normalized spacial score (nSPS) is 29.2. The van der Waals surface area contributed by atoms with E-state index in [0.29, 0.717) is 0 Å². The molecule has 1 saturated carbocycles. The Morgan fingerprint density at radius 3 is 2.25 bits per heavy atom. The highest BCUT2D eigenvalue weighted by Gasteiger charge is 2.35. The van der Waals surface area contributed by atoms with Gasteiger partial charge in [-0.25, -0.2) is 0 Å². The molecule has 12 heavy (non-hydrogen) atoms. The van der Waals surface area contributed by atoms with Gasteiger partial charge in [0.15, 0.2) is 0 Å². The van der Waals surface area contributed by atoms with Crippen LogP contribution in [0.4, 0.5) is 12.9 Å². The summed E-state index contributed by atoms with van der Waals surface area (Å²) in [7, 11) is 0. The molecule has 0 heterocycles. The van der Waals surface area contributed by atoms with E-state index in [0.717, 1.165) is 19.3 Å². The molecule has 1 unspecified atom stereocenters. The molecule has 0 amide bonds. The van der Waals surface area contributed by atoms with Crippen molar-refractivity contribution in [2.75, 3.05) is 0 Å². The summed E-state index contributed by atoms with van der Waals surface area (Å²) < 4.78 is 36.1. The summed E-state index contributed by atoms with van der Waals surface area (Å²) in [6, 6.07) is 0. The second kappa shape index (κ2) is 2.97. The topological polar surface area (TPSA) is 0 Å². The Kier molecular flexibility index (Phi) is 2.46. The fourth-order valence-electron chi connectivity index (χ4n) is 2.16. The number of rotatable bonds is 2. The Morgan fingerprint density at radius 2 is 1.92 bits per heavy atom. The minimum atomic E-state index is -4.56. The van der Waals surface area contributed by atoms with Crippen LogP contribution in [-0.4, -0.2) is 6.98 Å². The van der Waals surface area contributed by atoms with Gasteiger partial charge in [0.05, 0.1) is 0 Å². The van der Waals surface area contributed by atoms with Gasteiger partial charge in [0.2, 0.25) is 0 Å². The van der Waals surface area contributed by atoms with Crippen LogP contribution in [0.2, 0.25) is 6.32 Å². The van der Waals surface area contributed by atoms with Crippen molar-refractivity contribution in [3.05, 3.63) is 0 Å². The van der Waals surface area contributed by atoms with E-state index in [9.17, 15) is 12.9 Å². The zero-order valence-corrected chi connectivity index (χ0v) is 7.62. The lowest BCUT2D eigenvalue weighted by molar-refractivity contribution is 0.356. The third kappa shape index (κ3) is 3.07. The summed E-state index contributed by atoms with van der Waals surface area (Å²) in [5.74, 6) is -0.0972. The van der Waals surface area contributed by atoms with Crippen LogP contribution in [-0.2, 0) is 0 Å². The van der Waals surface area contributed by atoms with Crippen molar-refractivity contribution < 1.29 is 12.9 Å². The molecule has 0 aromatic rings. The van der Waals surface area contributed by atoms with Crippen molar-refractivity contribution >= 4 is 6.98 Å². The first-order valence-corrected chi connectivity index (χ1v) is 4.49. The summed E-state index contributed by atoms with van der Waals surface area (Å²) in [4.78, 5) is 0. The zero-order chi connectivity index (χ0) is 9.41. The molecular formula is C8H15BF3-. The van der Waals surface area contributed by atoms with Gasteiger partial charge in [-0.05, 0) is 18.3 Å². The highest BCUT2D eigenvalue weighted by molar-refractivity contribution is 6.58. The van der Waals surface area contributed by atoms with E-state index in [2.05, 4.69) is 13.8 Å². The third-order valence-electron chi connectivity index (χ3n) is 2.67. The fourth-order valence-corrected chi connectivity index (χ4v) is 2.16. The van der Waals surface area contributed by atoms with Crippen LogP contribution in [0.5, 0.6) is 0 Å². The molecule has 1 aliphatic rings. The molecule has 0 bridgehead atoms. The van der Waals surface area contributed by atoms with Crippen LogP contribution in [0.25, 0.3) is 0 Å². The molecule has 0 nitrogen and oxygen atoms in total. The van der Waals surface area contributed by atoms with Gasteiger partial charge >= 0.3 is 6.98 Å². The first-order chi connectivity index (χ1) is 5.29. The molecule has 1 aliphatic carbocycles. The smallest absolute Gasteiger partial charge is 0.449 e. The third-order valence-corrected chi connectivity index (χ3v) is 2.67. The summed E-state index contributed by atoms with van der Waals surface area (Å²) in [6.45, 7) is -0.456. The van der Waals surface area contributed by atoms with Gasteiger partial charge in [0.1, 0.15) is 0 Å². The van der Waals surface area contributed by atoms with Crippen molar-refractivity contribution in [1.29, 1.82) is 0 Å². The Balaban J connectivity index is 2.39. The van der Waals surface area contributed by atoms with Gasteiger partial charge in [-0.1, -0.05) is 32.5 Å². The average molecular weight is 179 g/mol. The van der Waals surface area contributed by atoms with Crippen LogP contribution >= 0.6 is 0 Å². The summed E-state index contributed by atoms with van der Waals surface area (Å²) in [5, 5.41) is 0. The molecule has 0 aromatic heterocycles. The van der Waals surface area contributed by atoms with E-state index < -0.39 is 13.3 Å². The molecular weight excluding hydrogens is 164 g/mol. The van der Waals surface area contributed by atoms with Crippen LogP contribution in [0.15, 0.2) is 0 Å². The second-order valence-electron chi connectivity index (χ2n) is 4.72. The Bertz CT molecular complexity index is 162. The van der Waals surface area contributed by atoms with Crippen molar-refractivity contribution in [2.45, 2.75) is 39.4 Å². The SMILES string of the molecule is CC1(C)CCC(C[B-](F)(F)F)C1. The monoisotopic (exact) mass is 179 g/mol. The fraction of sp³-hybridized carbons (Fsp3) is 1.00. The molecule has 1 rings (SSSR count). The van der Waals surface area contributed by atoms with E-state index >= 15 is 0 Å². The molecule has 0 radical (unpaired) electrons. The van der Waals surface area contributed by atoms with Gasteiger partial charge in [0, 0.05) is 0 Å². The molecule has 1 fully saturated rings. The maximum atomic E-state index is 12.0. The minimum absolute atomic E-state index is 0.0972. The first kappa shape index (κ1) is 9.94. The van der Waals surface area contributed by atoms with E-state index in [1.807, 2.05) is 0 Å². The highest BCUT2D eigenvalue weighted by Crippen LogP contribution is 2.44. The second-order valence-corrected chi connectivity index (χ2v) is 4.72. The predicted molar refractivity (Wildman–Crippen MR) is 45.0 cm³/mol. The maximum absolute atomic E-state index is 12.0. The van der Waals surface area contributed by atoms with Crippen molar-refractivity contribution in [3.8, 4) is 0 Å². The Hall–Kier alpha value is -0.145. The molecule has 4 heteroatoms. The highest BCUT2D eigenvalue weighted by atomic mass is 19.4. The van der Waals surface area contributed by atoms with Gasteiger partial charge < -0.3 is 12.9 Å².